The second-order valence-electron chi connectivity index (χ2n) is 5.87. The molecule has 1 amide bonds. The van der Waals surface area contributed by atoms with Gasteiger partial charge in [-0.2, -0.15) is 0 Å². The number of amides is 1. The number of benzene rings is 1. The topological polar surface area (TPSA) is 59.8 Å². The monoisotopic (exact) mass is 354 g/mol. The molecule has 3 rings (SSSR count). The van der Waals surface area contributed by atoms with E-state index < -0.39 is 0 Å². The molecule has 0 saturated heterocycles. The van der Waals surface area contributed by atoms with Crippen LogP contribution in [0.5, 0.6) is 0 Å². The maximum absolute atomic E-state index is 12.5. The lowest BCUT2D eigenvalue weighted by atomic mass is 10.1. The second kappa shape index (κ2) is 8.07. The number of hydrogen-bond donors (Lipinski definition) is 1. The summed E-state index contributed by atoms with van der Waals surface area (Å²) in [5, 5.41) is 7.13. The first-order chi connectivity index (χ1) is 12.2. The van der Waals surface area contributed by atoms with Crippen LogP contribution in [0.2, 0.25) is 0 Å². The highest BCUT2D eigenvalue weighted by atomic mass is 32.1. The molecule has 130 valence electrons. The zero-order chi connectivity index (χ0) is 17.6. The van der Waals surface area contributed by atoms with Crippen LogP contribution in [0, 0.1) is 0 Å². The number of rotatable bonds is 7. The van der Waals surface area contributed by atoms with Crippen molar-refractivity contribution < 1.29 is 4.79 Å². The minimum atomic E-state index is -0.139. The summed E-state index contributed by atoms with van der Waals surface area (Å²) in [7, 11) is 0. The van der Waals surface area contributed by atoms with E-state index in [0.29, 0.717) is 12.5 Å². The summed E-state index contributed by atoms with van der Waals surface area (Å²) in [6, 6.07) is 12.0. The van der Waals surface area contributed by atoms with Crippen LogP contribution in [0.1, 0.15) is 45.9 Å². The van der Waals surface area contributed by atoms with Gasteiger partial charge >= 0.3 is 0 Å². The van der Waals surface area contributed by atoms with Gasteiger partial charge in [0.05, 0.1) is 11.4 Å². The molecule has 2 aromatic heterocycles. The van der Waals surface area contributed by atoms with Crippen LogP contribution in [0.15, 0.2) is 42.7 Å². The third kappa shape index (κ3) is 4.33. The van der Waals surface area contributed by atoms with Crippen molar-refractivity contribution in [2.24, 2.45) is 0 Å². The van der Waals surface area contributed by atoms with Crippen molar-refractivity contribution in [1.29, 1.82) is 0 Å². The van der Waals surface area contributed by atoms with E-state index in [1.807, 2.05) is 36.4 Å². The highest BCUT2D eigenvalue weighted by molar-refractivity contribution is 7.14. The van der Waals surface area contributed by atoms with Gasteiger partial charge in [-0.25, -0.2) is 9.67 Å². The van der Waals surface area contributed by atoms with Gasteiger partial charge in [0.1, 0.15) is 6.33 Å². The van der Waals surface area contributed by atoms with Gasteiger partial charge in [0.25, 0.3) is 5.91 Å². The Balaban J connectivity index is 1.67. The molecule has 0 aliphatic heterocycles. The smallest absolute Gasteiger partial charge is 0.268 e. The molecule has 3 aromatic rings. The van der Waals surface area contributed by atoms with E-state index in [1.165, 1.54) is 10.4 Å². The van der Waals surface area contributed by atoms with Crippen LogP contribution in [-0.4, -0.2) is 20.7 Å². The summed E-state index contributed by atoms with van der Waals surface area (Å²) in [5.74, 6) is 0.198. The number of hydrogen-bond acceptors (Lipinski definition) is 4. The fourth-order valence-corrected chi connectivity index (χ4v) is 3.93. The van der Waals surface area contributed by atoms with E-state index >= 15 is 0 Å². The van der Waals surface area contributed by atoms with E-state index in [9.17, 15) is 4.79 Å². The summed E-state index contributed by atoms with van der Waals surface area (Å²) in [4.78, 5) is 18.7. The molecule has 6 heteroatoms. The fourth-order valence-electron chi connectivity index (χ4n) is 2.68. The summed E-state index contributed by atoms with van der Waals surface area (Å²) in [5.41, 5.74) is 2.40. The molecule has 0 unspecified atom stereocenters. The number of nitrogens with zero attached hydrogens (tertiary/aromatic N) is 3. The Bertz CT molecular complexity index is 838. The molecular weight excluding hydrogens is 332 g/mol. The fraction of sp³-hybridized carbons (Fsp3) is 0.316. The van der Waals surface area contributed by atoms with E-state index in [0.717, 1.165) is 29.7 Å². The number of thiophene rings is 1. The number of aromatic nitrogens is 3. The number of carbonyl (C=O) groups is 1. The molecule has 2 heterocycles. The summed E-state index contributed by atoms with van der Waals surface area (Å²) in [6.07, 6.45) is 4.69. The van der Waals surface area contributed by atoms with Gasteiger partial charge in [0, 0.05) is 4.88 Å². The van der Waals surface area contributed by atoms with E-state index in [-0.39, 0.29) is 5.91 Å². The minimum Gasteiger partial charge on any atom is -0.288 e. The molecule has 0 spiro atoms. The first kappa shape index (κ1) is 17.4. The zero-order valence-electron chi connectivity index (χ0n) is 14.5. The molecule has 1 N–H and O–H groups in total. The van der Waals surface area contributed by atoms with Crippen molar-refractivity contribution in [3.05, 3.63) is 63.6 Å². The third-order valence-electron chi connectivity index (χ3n) is 3.93. The van der Waals surface area contributed by atoms with Crippen molar-refractivity contribution in [3.63, 3.8) is 0 Å². The average molecular weight is 354 g/mol. The molecule has 5 nitrogen and oxygen atoms in total. The van der Waals surface area contributed by atoms with Gasteiger partial charge in [-0.3, -0.25) is 10.1 Å². The standard InChI is InChI=1S/C19H22N4OS/c1-3-8-16-15(4-2)11-17(25-16)18(24)21-19-20-13-23(22-19)12-14-9-6-5-7-10-14/h5-7,9-11,13H,3-4,8,12H2,1-2H3,(H,21,22,24). The van der Waals surface area contributed by atoms with Crippen molar-refractivity contribution in [1.82, 2.24) is 14.8 Å². The first-order valence-electron chi connectivity index (χ1n) is 8.56. The minimum absolute atomic E-state index is 0.139. The maximum Gasteiger partial charge on any atom is 0.268 e. The predicted octanol–water partition coefficient (Wildman–Crippen LogP) is 4.16. The van der Waals surface area contributed by atoms with Crippen LogP contribution < -0.4 is 5.32 Å². The number of anilines is 1. The predicted molar refractivity (Wildman–Crippen MR) is 101 cm³/mol. The largest absolute Gasteiger partial charge is 0.288 e. The van der Waals surface area contributed by atoms with Gasteiger partial charge in [0.2, 0.25) is 5.95 Å². The molecule has 0 aliphatic carbocycles. The maximum atomic E-state index is 12.5. The number of nitrogens with one attached hydrogen (secondary N) is 1. The lowest BCUT2D eigenvalue weighted by Crippen LogP contribution is -2.12. The lowest BCUT2D eigenvalue weighted by Gasteiger charge is -2.00. The Kier molecular flexibility index (Phi) is 5.60. The van der Waals surface area contributed by atoms with Crippen LogP contribution in [0.4, 0.5) is 5.95 Å². The molecular formula is C19H22N4OS. The van der Waals surface area contributed by atoms with E-state index in [2.05, 4.69) is 29.2 Å². The molecule has 0 aliphatic rings. The average Bonchev–Trinajstić information content (AvgIpc) is 3.23. The Hall–Kier alpha value is -2.47. The third-order valence-corrected chi connectivity index (χ3v) is 5.16. The summed E-state index contributed by atoms with van der Waals surface area (Å²) < 4.78 is 1.72. The van der Waals surface area contributed by atoms with Gasteiger partial charge in [-0.15, -0.1) is 16.4 Å². The van der Waals surface area contributed by atoms with Crippen LogP contribution in [-0.2, 0) is 19.4 Å². The Morgan fingerprint density at radius 1 is 1.24 bits per heavy atom. The van der Waals surface area contributed by atoms with Crippen LogP contribution in [0.3, 0.4) is 0 Å². The van der Waals surface area contributed by atoms with Gasteiger partial charge in [0.15, 0.2) is 0 Å². The van der Waals surface area contributed by atoms with Crippen molar-refractivity contribution in [2.45, 2.75) is 39.7 Å². The van der Waals surface area contributed by atoms with Gasteiger partial charge in [-0.05, 0) is 30.0 Å². The van der Waals surface area contributed by atoms with Crippen LogP contribution >= 0.6 is 11.3 Å². The van der Waals surface area contributed by atoms with Crippen molar-refractivity contribution >= 4 is 23.2 Å². The molecule has 0 bridgehead atoms. The molecule has 1 aromatic carbocycles. The Morgan fingerprint density at radius 3 is 2.76 bits per heavy atom. The first-order valence-corrected chi connectivity index (χ1v) is 9.37. The highest BCUT2D eigenvalue weighted by Crippen LogP contribution is 2.25. The van der Waals surface area contributed by atoms with Crippen molar-refractivity contribution in [2.75, 3.05) is 5.32 Å². The van der Waals surface area contributed by atoms with E-state index in [4.69, 9.17) is 0 Å². The molecule has 0 saturated carbocycles. The van der Waals surface area contributed by atoms with Crippen LogP contribution in [0.25, 0.3) is 0 Å². The zero-order valence-corrected chi connectivity index (χ0v) is 15.3. The second-order valence-corrected chi connectivity index (χ2v) is 7.00. The molecule has 0 atom stereocenters. The quantitative estimate of drug-likeness (QED) is 0.693. The van der Waals surface area contributed by atoms with E-state index in [1.54, 1.807) is 22.3 Å². The Morgan fingerprint density at radius 2 is 2.04 bits per heavy atom. The molecule has 0 radical (unpaired) electrons. The molecule has 25 heavy (non-hydrogen) atoms. The summed E-state index contributed by atoms with van der Waals surface area (Å²) in [6.45, 7) is 4.90. The van der Waals surface area contributed by atoms with Crippen molar-refractivity contribution in [3.8, 4) is 0 Å². The summed E-state index contributed by atoms with van der Waals surface area (Å²) >= 11 is 1.57. The SMILES string of the molecule is CCCc1sc(C(=O)Nc2ncn(Cc3ccccc3)n2)cc1CC. The Labute approximate surface area is 151 Å². The van der Waals surface area contributed by atoms with Gasteiger partial charge in [-0.1, -0.05) is 50.6 Å². The number of carbonyl (C=O) groups excluding carboxylic acids is 1. The number of aryl methyl sites for hydroxylation is 2. The lowest BCUT2D eigenvalue weighted by molar-refractivity contribution is 0.102. The highest BCUT2D eigenvalue weighted by Gasteiger charge is 2.15. The van der Waals surface area contributed by atoms with Gasteiger partial charge < -0.3 is 0 Å². The molecule has 0 fully saturated rings. The normalized spacial score (nSPS) is 10.8.